The van der Waals surface area contributed by atoms with Crippen LogP contribution in [0.4, 0.5) is 0 Å². The molecule has 0 bridgehead atoms. The Morgan fingerprint density at radius 2 is 1.21 bits per heavy atom. The number of hydrogen-bond acceptors (Lipinski definition) is 5. The summed E-state index contributed by atoms with van der Waals surface area (Å²) in [6.07, 6.45) is 18.5. The highest BCUT2D eigenvalue weighted by Crippen LogP contribution is 2.22. The van der Waals surface area contributed by atoms with Gasteiger partial charge in [-0.2, -0.15) is 0 Å². The Labute approximate surface area is 199 Å². The van der Waals surface area contributed by atoms with E-state index in [2.05, 4.69) is 6.92 Å². The van der Waals surface area contributed by atoms with Crippen LogP contribution in [0.5, 0.6) is 0 Å². The van der Waals surface area contributed by atoms with Gasteiger partial charge in [0.1, 0.15) is 0 Å². The fourth-order valence-corrected chi connectivity index (χ4v) is 4.64. The SMILES string of the molecule is CCCCCCCCCCCCCCCC(=O)N1CCC(C(=O)ON2C(=O)CCC2=O)CC1. The van der Waals surface area contributed by atoms with E-state index in [1.54, 1.807) is 0 Å². The van der Waals surface area contributed by atoms with Gasteiger partial charge in [0.2, 0.25) is 5.91 Å². The second-order valence-electron chi connectivity index (χ2n) is 9.64. The van der Waals surface area contributed by atoms with Crippen molar-refractivity contribution in [2.75, 3.05) is 13.1 Å². The lowest BCUT2D eigenvalue weighted by atomic mass is 9.96. The van der Waals surface area contributed by atoms with Crippen molar-refractivity contribution in [1.82, 2.24) is 9.96 Å². The fourth-order valence-electron chi connectivity index (χ4n) is 4.64. The average Bonchev–Trinajstić information content (AvgIpc) is 3.14. The molecule has 0 spiro atoms. The van der Waals surface area contributed by atoms with Crippen LogP contribution in [0.15, 0.2) is 0 Å². The minimum Gasteiger partial charge on any atom is -0.343 e. The summed E-state index contributed by atoms with van der Waals surface area (Å²) in [6, 6.07) is 0. The molecule has 2 heterocycles. The quantitative estimate of drug-likeness (QED) is 0.228. The number of hydrogen-bond donors (Lipinski definition) is 0. The van der Waals surface area contributed by atoms with Gasteiger partial charge in [0.05, 0.1) is 5.92 Å². The zero-order valence-electron chi connectivity index (χ0n) is 20.7. The maximum absolute atomic E-state index is 12.5. The van der Waals surface area contributed by atoms with E-state index < -0.39 is 17.8 Å². The molecule has 188 valence electrons. The van der Waals surface area contributed by atoms with Crippen LogP contribution in [-0.2, 0) is 24.0 Å². The summed E-state index contributed by atoms with van der Waals surface area (Å²) in [5.41, 5.74) is 0. The number of rotatable bonds is 16. The normalized spacial score (nSPS) is 17.1. The van der Waals surface area contributed by atoms with Crippen LogP contribution in [0.2, 0.25) is 0 Å². The second kappa shape index (κ2) is 15.8. The number of imide groups is 1. The highest BCUT2D eigenvalue weighted by Gasteiger charge is 2.36. The van der Waals surface area contributed by atoms with Crippen molar-refractivity contribution in [1.29, 1.82) is 0 Å². The van der Waals surface area contributed by atoms with E-state index in [1.807, 2.05) is 4.90 Å². The highest BCUT2D eigenvalue weighted by atomic mass is 16.7. The van der Waals surface area contributed by atoms with Gasteiger partial charge >= 0.3 is 5.97 Å². The molecule has 0 saturated carbocycles. The maximum Gasteiger partial charge on any atom is 0.336 e. The Bertz CT molecular complexity index is 612. The highest BCUT2D eigenvalue weighted by molar-refractivity contribution is 6.01. The molecule has 3 amide bonds. The molecule has 0 radical (unpaired) electrons. The van der Waals surface area contributed by atoms with Gasteiger partial charge in [-0.15, -0.1) is 5.06 Å². The van der Waals surface area contributed by atoms with Crippen LogP contribution in [0.1, 0.15) is 122 Å². The van der Waals surface area contributed by atoms with Crippen LogP contribution >= 0.6 is 0 Å². The molecule has 0 aromatic heterocycles. The first-order valence-corrected chi connectivity index (χ1v) is 13.4. The molecule has 2 saturated heterocycles. The molecule has 33 heavy (non-hydrogen) atoms. The summed E-state index contributed by atoms with van der Waals surface area (Å²) in [5.74, 6) is -1.67. The Kier molecular flexibility index (Phi) is 13.1. The molecule has 2 aliphatic rings. The number of likely N-dealkylation sites (tertiary alicyclic amines) is 1. The smallest absolute Gasteiger partial charge is 0.336 e. The van der Waals surface area contributed by atoms with Crippen LogP contribution in [0.25, 0.3) is 0 Å². The Balaban J connectivity index is 1.45. The van der Waals surface area contributed by atoms with Crippen molar-refractivity contribution < 1.29 is 24.0 Å². The number of nitrogens with zero attached hydrogens (tertiary/aromatic N) is 2. The first kappa shape index (κ1) is 27.3. The summed E-state index contributed by atoms with van der Waals surface area (Å²) in [4.78, 5) is 54.7. The van der Waals surface area contributed by atoms with E-state index in [4.69, 9.17) is 4.84 Å². The second-order valence-corrected chi connectivity index (χ2v) is 9.64. The van der Waals surface area contributed by atoms with E-state index in [1.165, 1.54) is 70.6 Å². The van der Waals surface area contributed by atoms with E-state index in [-0.39, 0.29) is 24.7 Å². The minimum atomic E-state index is -0.540. The van der Waals surface area contributed by atoms with Crippen molar-refractivity contribution in [3.8, 4) is 0 Å². The van der Waals surface area contributed by atoms with Gasteiger partial charge in [0.25, 0.3) is 11.8 Å². The van der Waals surface area contributed by atoms with E-state index >= 15 is 0 Å². The van der Waals surface area contributed by atoms with Gasteiger partial charge < -0.3 is 9.74 Å². The van der Waals surface area contributed by atoms with Gasteiger partial charge in [-0.05, 0) is 19.3 Å². The third-order valence-electron chi connectivity index (χ3n) is 6.86. The van der Waals surface area contributed by atoms with Gasteiger partial charge in [0, 0.05) is 32.4 Å². The van der Waals surface area contributed by atoms with Gasteiger partial charge in [0.15, 0.2) is 0 Å². The predicted molar refractivity (Wildman–Crippen MR) is 127 cm³/mol. The molecular weight excluding hydrogens is 420 g/mol. The van der Waals surface area contributed by atoms with Gasteiger partial charge in [-0.25, -0.2) is 4.79 Å². The van der Waals surface area contributed by atoms with Crippen molar-refractivity contribution in [2.45, 2.75) is 122 Å². The van der Waals surface area contributed by atoms with Crippen molar-refractivity contribution in [3.05, 3.63) is 0 Å². The Morgan fingerprint density at radius 3 is 1.70 bits per heavy atom. The summed E-state index contributed by atoms with van der Waals surface area (Å²) < 4.78 is 0. The van der Waals surface area contributed by atoms with E-state index in [9.17, 15) is 19.2 Å². The summed E-state index contributed by atoms with van der Waals surface area (Å²) in [5, 5.41) is 0.606. The lowest BCUT2D eigenvalue weighted by molar-refractivity contribution is -0.201. The molecule has 2 aliphatic heterocycles. The molecule has 7 heteroatoms. The predicted octanol–water partition coefficient (Wildman–Crippen LogP) is 5.31. The van der Waals surface area contributed by atoms with Gasteiger partial charge in [-0.3, -0.25) is 14.4 Å². The zero-order valence-corrected chi connectivity index (χ0v) is 20.7. The van der Waals surface area contributed by atoms with E-state index in [0.717, 1.165) is 12.8 Å². The van der Waals surface area contributed by atoms with Crippen LogP contribution in [0.3, 0.4) is 0 Å². The third kappa shape index (κ3) is 10.3. The molecule has 0 atom stereocenters. The van der Waals surface area contributed by atoms with Crippen LogP contribution in [0, 0.1) is 5.92 Å². The first-order chi connectivity index (χ1) is 16.0. The topological polar surface area (TPSA) is 84.0 Å². The van der Waals surface area contributed by atoms with Gasteiger partial charge in [-0.1, -0.05) is 84.0 Å². The Morgan fingerprint density at radius 1 is 0.758 bits per heavy atom. The largest absolute Gasteiger partial charge is 0.343 e. The van der Waals surface area contributed by atoms with Crippen LogP contribution < -0.4 is 0 Å². The molecule has 2 rings (SSSR count). The number of unbranched alkanes of at least 4 members (excludes halogenated alkanes) is 12. The molecule has 0 N–H and O–H groups in total. The number of carbonyl (C=O) groups excluding carboxylic acids is 4. The first-order valence-electron chi connectivity index (χ1n) is 13.4. The summed E-state index contributed by atoms with van der Waals surface area (Å²) in [7, 11) is 0. The fraction of sp³-hybridized carbons (Fsp3) is 0.846. The Hall–Kier alpha value is -1.92. The number of amides is 3. The van der Waals surface area contributed by atoms with Crippen molar-refractivity contribution in [2.24, 2.45) is 5.92 Å². The minimum absolute atomic E-state index is 0.0955. The number of carbonyl (C=O) groups is 4. The standard InChI is InChI=1S/C26H44N2O5/c1-2-3-4-5-6-7-8-9-10-11-12-13-14-15-23(29)27-20-18-22(19-21-27)26(32)33-28-24(30)16-17-25(28)31/h22H,2-21H2,1H3. The average molecular weight is 465 g/mol. The molecule has 0 aliphatic carbocycles. The summed E-state index contributed by atoms with van der Waals surface area (Å²) >= 11 is 0. The molecular formula is C26H44N2O5. The molecule has 0 aromatic carbocycles. The number of hydroxylamine groups is 2. The molecule has 7 nitrogen and oxygen atoms in total. The molecule has 0 aromatic rings. The lowest BCUT2D eigenvalue weighted by Gasteiger charge is -2.31. The van der Waals surface area contributed by atoms with Crippen molar-refractivity contribution >= 4 is 23.7 Å². The van der Waals surface area contributed by atoms with Crippen molar-refractivity contribution in [3.63, 3.8) is 0 Å². The molecule has 0 unspecified atom stereocenters. The van der Waals surface area contributed by atoms with E-state index in [0.29, 0.717) is 37.4 Å². The number of piperidine rings is 1. The maximum atomic E-state index is 12.5. The molecule has 2 fully saturated rings. The zero-order chi connectivity index (χ0) is 23.9. The van der Waals surface area contributed by atoms with Crippen LogP contribution in [-0.4, -0.2) is 46.7 Å². The monoisotopic (exact) mass is 464 g/mol. The third-order valence-corrected chi connectivity index (χ3v) is 6.86. The summed E-state index contributed by atoms with van der Waals surface area (Å²) in [6.45, 7) is 3.31. The lowest BCUT2D eigenvalue weighted by Crippen LogP contribution is -2.42.